The Bertz CT molecular complexity index is 927. The predicted molar refractivity (Wildman–Crippen MR) is 114 cm³/mol. The molecule has 0 saturated heterocycles. The average molecular weight is 391 g/mol. The quantitative estimate of drug-likeness (QED) is 0.581. The number of carbonyl (C=O) groups excluding carboxylic acids is 1. The lowest BCUT2D eigenvalue weighted by molar-refractivity contribution is 0.102. The van der Waals surface area contributed by atoms with Gasteiger partial charge in [-0.2, -0.15) is 0 Å². The second-order valence-corrected chi connectivity index (χ2v) is 6.49. The Labute approximate surface area is 171 Å². The van der Waals surface area contributed by atoms with Gasteiger partial charge in [0, 0.05) is 11.3 Å². The highest BCUT2D eigenvalue weighted by Crippen LogP contribution is 2.39. The third-order valence-corrected chi connectivity index (χ3v) is 4.57. The topological polar surface area (TPSA) is 56.8 Å². The van der Waals surface area contributed by atoms with E-state index < -0.39 is 0 Å². The lowest BCUT2D eigenvalue weighted by Gasteiger charge is -2.16. The van der Waals surface area contributed by atoms with E-state index in [1.54, 1.807) is 12.1 Å². The van der Waals surface area contributed by atoms with Gasteiger partial charge in [-0.25, -0.2) is 0 Å². The Hall–Kier alpha value is -3.47. The lowest BCUT2D eigenvalue weighted by Crippen LogP contribution is -2.13. The molecule has 1 amide bonds. The molecule has 3 rings (SSSR count). The molecule has 0 bridgehead atoms. The molecule has 0 radical (unpaired) electrons. The van der Waals surface area contributed by atoms with Crippen LogP contribution in [0.4, 0.5) is 5.69 Å². The zero-order valence-electron chi connectivity index (χ0n) is 16.9. The summed E-state index contributed by atoms with van der Waals surface area (Å²) in [5, 5.41) is 2.90. The Morgan fingerprint density at radius 1 is 0.862 bits per heavy atom. The summed E-state index contributed by atoms with van der Waals surface area (Å²) in [7, 11) is 3.07. The number of amides is 1. The van der Waals surface area contributed by atoms with E-state index in [1.807, 2.05) is 54.6 Å². The van der Waals surface area contributed by atoms with Crippen molar-refractivity contribution < 1.29 is 19.0 Å². The Morgan fingerprint density at radius 3 is 2.03 bits per heavy atom. The van der Waals surface area contributed by atoms with Crippen LogP contribution in [-0.2, 0) is 13.0 Å². The number of carbonyl (C=O) groups is 1. The van der Waals surface area contributed by atoms with Gasteiger partial charge >= 0.3 is 0 Å². The third kappa shape index (κ3) is 5.08. The summed E-state index contributed by atoms with van der Waals surface area (Å²) in [5.74, 6) is 1.08. The molecule has 0 spiro atoms. The first-order chi connectivity index (χ1) is 14.1. The molecule has 0 aliphatic heterocycles. The van der Waals surface area contributed by atoms with E-state index in [0.717, 1.165) is 17.7 Å². The van der Waals surface area contributed by atoms with Crippen molar-refractivity contribution in [2.24, 2.45) is 0 Å². The number of rotatable bonds is 8. The number of nitrogens with one attached hydrogen (secondary N) is 1. The molecule has 0 aliphatic carbocycles. The summed E-state index contributed by atoms with van der Waals surface area (Å²) in [6.07, 6.45) is 0.951. The molecule has 0 atom stereocenters. The summed E-state index contributed by atoms with van der Waals surface area (Å²) in [5.41, 5.74) is 3.39. The van der Waals surface area contributed by atoms with E-state index in [9.17, 15) is 4.79 Å². The molecule has 0 fully saturated rings. The minimum Gasteiger partial charge on any atom is -0.493 e. The van der Waals surface area contributed by atoms with Crippen LogP contribution in [-0.4, -0.2) is 20.1 Å². The van der Waals surface area contributed by atoms with Crippen molar-refractivity contribution in [3.05, 3.63) is 83.4 Å². The molecule has 0 heterocycles. The first-order valence-corrected chi connectivity index (χ1v) is 9.47. The number of hydrogen-bond acceptors (Lipinski definition) is 4. The van der Waals surface area contributed by atoms with E-state index in [0.29, 0.717) is 29.4 Å². The zero-order valence-corrected chi connectivity index (χ0v) is 16.9. The van der Waals surface area contributed by atoms with Crippen molar-refractivity contribution in [2.75, 3.05) is 19.5 Å². The molecule has 29 heavy (non-hydrogen) atoms. The van der Waals surface area contributed by atoms with E-state index in [4.69, 9.17) is 14.2 Å². The molecule has 0 unspecified atom stereocenters. The number of anilines is 1. The van der Waals surface area contributed by atoms with Crippen LogP contribution in [0.2, 0.25) is 0 Å². The Balaban J connectivity index is 1.81. The fourth-order valence-electron chi connectivity index (χ4n) is 2.91. The minimum absolute atomic E-state index is 0.250. The van der Waals surface area contributed by atoms with Gasteiger partial charge in [0.1, 0.15) is 6.61 Å². The molecule has 0 saturated carbocycles. The summed E-state index contributed by atoms with van der Waals surface area (Å²) < 4.78 is 16.9. The number of aryl methyl sites for hydroxylation is 1. The monoisotopic (exact) mass is 391 g/mol. The summed E-state index contributed by atoms with van der Waals surface area (Å²) >= 11 is 0. The molecular weight excluding hydrogens is 366 g/mol. The van der Waals surface area contributed by atoms with E-state index in [1.165, 1.54) is 19.8 Å². The molecular formula is C24H25NO4. The highest BCUT2D eigenvalue weighted by molar-refractivity contribution is 6.05. The second kappa shape index (κ2) is 9.64. The smallest absolute Gasteiger partial charge is 0.255 e. The molecule has 1 N–H and O–H groups in total. The molecule has 0 aromatic heterocycles. The fourth-order valence-corrected chi connectivity index (χ4v) is 2.91. The third-order valence-electron chi connectivity index (χ3n) is 4.57. The number of methoxy groups -OCH3 is 2. The highest BCUT2D eigenvalue weighted by Gasteiger charge is 2.18. The Morgan fingerprint density at radius 2 is 1.48 bits per heavy atom. The van der Waals surface area contributed by atoms with Crippen molar-refractivity contribution in [1.82, 2.24) is 0 Å². The van der Waals surface area contributed by atoms with Crippen LogP contribution in [0.1, 0.15) is 28.4 Å². The Kier molecular flexibility index (Phi) is 6.74. The maximum Gasteiger partial charge on any atom is 0.255 e. The van der Waals surface area contributed by atoms with Crippen LogP contribution < -0.4 is 19.5 Å². The van der Waals surface area contributed by atoms with Gasteiger partial charge in [0.15, 0.2) is 11.5 Å². The molecule has 3 aromatic rings. The number of hydrogen-bond donors (Lipinski definition) is 1. The van der Waals surface area contributed by atoms with Crippen molar-refractivity contribution in [1.29, 1.82) is 0 Å². The minimum atomic E-state index is -0.250. The molecule has 0 aliphatic rings. The maximum atomic E-state index is 12.7. The van der Waals surface area contributed by atoms with Crippen molar-refractivity contribution >= 4 is 11.6 Å². The standard InChI is InChI=1S/C24H25NO4/c1-4-17-10-12-20(13-11-17)25-24(26)19-14-21(27-2)23(22(15-19)28-3)29-16-18-8-6-5-7-9-18/h5-15H,4,16H2,1-3H3,(H,25,26). The summed E-state index contributed by atoms with van der Waals surface area (Å²) in [6.45, 7) is 2.45. The first kappa shape index (κ1) is 20.3. The van der Waals surface area contributed by atoms with Crippen molar-refractivity contribution in [3.63, 3.8) is 0 Å². The van der Waals surface area contributed by atoms with Crippen LogP contribution in [0.25, 0.3) is 0 Å². The van der Waals surface area contributed by atoms with E-state index >= 15 is 0 Å². The van der Waals surface area contributed by atoms with Gasteiger partial charge in [-0.3, -0.25) is 4.79 Å². The maximum absolute atomic E-state index is 12.7. The first-order valence-electron chi connectivity index (χ1n) is 9.47. The predicted octanol–water partition coefficient (Wildman–Crippen LogP) is 5.10. The van der Waals surface area contributed by atoms with Crippen LogP contribution >= 0.6 is 0 Å². The molecule has 3 aromatic carbocycles. The average Bonchev–Trinajstić information content (AvgIpc) is 2.78. The lowest BCUT2D eigenvalue weighted by atomic mass is 10.1. The van der Waals surface area contributed by atoms with Gasteiger partial charge in [0.25, 0.3) is 5.91 Å². The van der Waals surface area contributed by atoms with Gasteiger partial charge in [-0.1, -0.05) is 49.4 Å². The van der Waals surface area contributed by atoms with E-state index in [-0.39, 0.29) is 5.91 Å². The van der Waals surface area contributed by atoms with Crippen LogP contribution in [0.15, 0.2) is 66.7 Å². The van der Waals surface area contributed by atoms with Crippen molar-refractivity contribution in [2.45, 2.75) is 20.0 Å². The van der Waals surface area contributed by atoms with Gasteiger partial charge in [0.2, 0.25) is 5.75 Å². The summed E-state index contributed by atoms with van der Waals surface area (Å²) in [4.78, 5) is 12.7. The normalized spacial score (nSPS) is 10.3. The summed E-state index contributed by atoms with van der Waals surface area (Å²) in [6, 6.07) is 20.9. The van der Waals surface area contributed by atoms with Crippen LogP contribution in [0, 0.1) is 0 Å². The van der Waals surface area contributed by atoms with Gasteiger partial charge in [-0.15, -0.1) is 0 Å². The number of ether oxygens (including phenoxy) is 3. The van der Waals surface area contributed by atoms with Crippen LogP contribution in [0.5, 0.6) is 17.2 Å². The van der Waals surface area contributed by atoms with E-state index in [2.05, 4.69) is 12.2 Å². The molecule has 150 valence electrons. The van der Waals surface area contributed by atoms with Gasteiger partial charge in [0.05, 0.1) is 14.2 Å². The SMILES string of the molecule is CCc1ccc(NC(=O)c2cc(OC)c(OCc3ccccc3)c(OC)c2)cc1. The zero-order chi connectivity index (χ0) is 20.6. The molecule has 5 nitrogen and oxygen atoms in total. The van der Waals surface area contributed by atoms with Gasteiger partial charge < -0.3 is 19.5 Å². The second-order valence-electron chi connectivity index (χ2n) is 6.49. The largest absolute Gasteiger partial charge is 0.493 e. The van der Waals surface area contributed by atoms with Crippen molar-refractivity contribution in [3.8, 4) is 17.2 Å². The number of benzene rings is 3. The van der Waals surface area contributed by atoms with Crippen LogP contribution in [0.3, 0.4) is 0 Å². The highest BCUT2D eigenvalue weighted by atomic mass is 16.5. The van der Waals surface area contributed by atoms with Gasteiger partial charge in [-0.05, 0) is 41.8 Å². The fraction of sp³-hybridized carbons (Fsp3) is 0.208. The molecule has 5 heteroatoms.